The van der Waals surface area contributed by atoms with Crippen LogP contribution in [0.2, 0.25) is 0 Å². The Kier molecular flexibility index (Phi) is 7.31. The molecule has 1 aromatic rings. The van der Waals surface area contributed by atoms with E-state index in [2.05, 4.69) is 10.1 Å². The summed E-state index contributed by atoms with van der Waals surface area (Å²) in [7, 11) is 0. The molecule has 7 heteroatoms. The van der Waals surface area contributed by atoms with Gasteiger partial charge in [-0.25, -0.2) is 13.6 Å². The normalized spacial score (nSPS) is 10.6. The molecule has 0 saturated carbocycles. The molecule has 0 radical (unpaired) electrons. The number of carboxylic acid groups (broad SMARTS) is 1. The molecule has 1 amide bonds. The van der Waals surface area contributed by atoms with Crippen molar-refractivity contribution in [2.45, 2.75) is 19.3 Å². The van der Waals surface area contributed by atoms with E-state index < -0.39 is 19.0 Å². The molecule has 116 valence electrons. The maximum atomic E-state index is 11.8. The Hall–Kier alpha value is -2.02. The van der Waals surface area contributed by atoms with Crippen LogP contribution in [-0.2, 0) is 16.0 Å². The highest BCUT2D eigenvalue weighted by molar-refractivity contribution is 5.89. The van der Waals surface area contributed by atoms with Crippen LogP contribution >= 0.6 is 0 Å². The van der Waals surface area contributed by atoms with Gasteiger partial charge in [0.15, 0.2) is 0 Å². The van der Waals surface area contributed by atoms with E-state index in [9.17, 15) is 18.4 Å². The van der Waals surface area contributed by atoms with Crippen LogP contribution < -0.4 is 5.32 Å². The molecule has 0 aliphatic carbocycles. The largest absolute Gasteiger partial charge is 0.478 e. The number of benzene rings is 1. The number of aromatic carboxylic acids is 1. The average molecular weight is 301 g/mol. The summed E-state index contributed by atoms with van der Waals surface area (Å²) in [6, 6.07) is 6.53. The van der Waals surface area contributed by atoms with Gasteiger partial charge in [0, 0.05) is 13.0 Å². The summed E-state index contributed by atoms with van der Waals surface area (Å²) in [5.41, 5.74) is 0.825. The Balaban J connectivity index is 2.27. The van der Waals surface area contributed by atoms with Crippen LogP contribution in [0.1, 0.15) is 22.3 Å². The van der Waals surface area contributed by atoms with Crippen LogP contribution in [0.25, 0.3) is 0 Å². The molecule has 0 saturated heterocycles. The standard InChI is InChI=1S/C14H17F2NO4/c15-12(16)9-21-8-6-13(18)17-7-5-10-3-1-2-4-11(10)14(19)20/h1-4,12H,5-9H2,(H,17,18)(H,19,20). The van der Waals surface area contributed by atoms with Gasteiger partial charge in [0.1, 0.15) is 6.61 Å². The third-order valence-electron chi connectivity index (χ3n) is 2.68. The number of hydrogen-bond acceptors (Lipinski definition) is 3. The number of nitrogens with one attached hydrogen (secondary N) is 1. The Morgan fingerprint density at radius 2 is 2.00 bits per heavy atom. The first-order chi connectivity index (χ1) is 10.0. The molecule has 0 unspecified atom stereocenters. The van der Waals surface area contributed by atoms with E-state index in [1.54, 1.807) is 18.2 Å². The summed E-state index contributed by atoms with van der Waals surface area (Å²) >= 11 is 0. The zero-order valence-corrected chi connectivity index (χ0v) is 11.4. The van der Waals surface area contributed by atoms with Gasteiger partial charge in [-0.1, -0.05) is 18.2 Å². The topological polar surface area (TPSA) is 75.6 Å². The SMILES string of the molecule is O=C(CCOCC(F)F)NCCc1ccccc1C(=O)O. The summed E-state index contributed by atoms with van der Waals surface area (Å²) < 4.78 is 28.2. The molecule has 0 atom stereocenters. The zero-order valence-electron chi connectivity index (χ0n) is 11.4. The van der Waals surface area contributed by atoms with E-state index in [0.717, 1.165) is 0 Å². The molecule has 0 heterocycles. The van der Waals surface area contributed by atoms with Gasteiger partial charge in [0.25, 0.3) is 6.43 Å². The number of halogens is 2. The molecular formula is C14H17F2NO4. The molecule has 1 rings (SSSR count). The third kappa shape index (κ3) is 6.80. The fraction of sp³-hybridized carbons (Fsp3) is 0.429. The van der Waals surface area contributed by atoms with Gasteiger partial charge in [0.2, 0.25) is 5.91 Å². The fourth-order valence-corrected chi connectivity index (χ4v) is 1.71. The number of alkyl halides is 2. The van der Waals surface area contributed by atoms with Gasteiger partial charge in [-0.3, -0.25) is 4.79 Å². The summed E-state index contributed by atoms with van der Waals surface area (Å²) in [6.45, 7) is -0.473. The van der Waals surface area contributed by atoms with E-state index in [-0.39, 0.29) is 31.0 Å². The molecule has 0 spiro atoms. The molecule has 1 aromatic carbocycles. The average Bonchev–Trinajstić information content (AvgIpc) is 2.44. The number of amides is 1. The second-order valence-corrected chi connectivity index (χ2v) is 4.28. The highest BCUT2D eigenvalue weighted by atomic mass is 19.3. The first-order valence-electron chi connectivity index (χ1n) is 6.44. The summed E-state index contributed by atoms with van der Waals surface area (Å²) in [6.07, 6.45) is -2.17. The number of hydrogen-bond donors (Lipinski definition) is 2. The minimum atomic E-state index is -2.54. The van der Waals surface area contributed by atoms with Crippen molar-refractivity contribution in [3.8, 4) is 0 Å². The van der Waals surface area contributed by atoms with E-state index in [1.807, 2.05) is 0 Å². The van der Waals surface area contributed by atoms with E-state index >= 15 is 0 Å². The molecule has 0 aliphatic rings. The van der Waals surface area contributed by atoms with Crippen molar-refractivity contribution in [1.29, 1.82) is 0 Å². The lowest BCUT2D eigenvalue weighted by atomic mass is 10.0. The predicted molar refractivity (Wildman–Crippen MR) is 71.6 cm³/mol. The van der Waals surface area contributed by atoms with Gasteiger partial charge in [-0.05, 0) is 18.1 Å². The van der Waals surface area contributed by atoms with E-state index in [1.165, 1.54) is 6.07 Å². The summed E-state index contributed by atoms with van der Waals surface area (Å²) in [5.74, 6) is -1.34. The molecule has 5 nitrogen and oxygen atoms in total. The van der Waals surface area contributed by atoms with Crippen molar-refractivity contribution in [2.24, 2.45) is 0 Å². The number of carbonyl (C=O) groups excluding carboxylic acids is 1. The number of carbonyl (C=O) groups is 2. The second kappa shape index (κ2) is 9.02. The number of rotatable bonds is 9. The van der Waals surface area contributed by atoms with Crippen molar-refractivity contribution in [1.82, 2.24) is 5.32 Å². The van der Waals surface area contributed by atoms with Gasteiger partial charge >= 0.3 is 5.97 Å². The van der Waals surface area contributed by atoms with E-state index in [0.29, 0.717) is 12.0 Å². The summed E-state index contributed by atoms with van der Waals surface area (Å²) in [5, 5.41) is 11.6. The Bertz CT molecular complexity index is 480. The van der Waals surface area contributed by atoms with Crippen molar-refractivity contribution in [3.63, 3.8) is 0 Å². The maximum Gasteiger partial charge on any atom is 0.335 e. The van der Waals surface area contributed by atoms with Crippen molar-refractivity contribution >= 4 is 11.9 Å². The highest BCUT2D eigenvalue weighted by Crippen LogP contribution is 2.08. The van der Waals surface area contributed by atoms with Crippen molar-refractivity contribution in [3.05, 3.63) is 35.4 Å². The Morgan fingerprint density at radius 3 is 2.67 bits per heavy atom. The van der Waals surface area contributed by atoms with Crippen molar-refractivity contribution < 1.29 is 28.2 Å². The molecular weight excluding hydrogens is 284 g/mol. The molecule has 2 N–H and O–H groups in total. The van der Waals surface area contributed by atoms with Gasteiger partial charge < -0.3 is 15.2 Å². The molecule has 0 fully saturated rings. The van der Waals surface area contributed by atoms with Gasteiger partial charge in [-0.15, -0.1) is 0 Å². The first kappa shape index (κ1) is 17.0. The predicted octanol–water partition coefficient (Wildman–Crippen LogP) is 1.72. The van der Waals surface area contributed by atoms with Crippen LogP contribution in [0.3, 0.4) is 0 Å². The van der Waals surface area contributed by atoms with Crippen LogP contribution in [0.5, 0.6) is 0 Å². The lowest BCUT2D eigenvalue weighted by molar-refractivity contribution is -0.122. The maximum absolute atomic E-state index is 11.8. The van der Waals surface area contributed by atoms with Crippen LogP contribution in [-0.4, -0.2) is 43.2 Å². The Morgan fingerprint density at radius 1 is 1.29 bits per heavy atom. The second-order valence-electron chi connectivity index (χ2n) is 4.28. The van der Waals surface area contributed by atoms with Gasteiger partial charge in [-0.2, -0.15) is 0 Å². The highest BCUT2D eigenvalue weighted by Gasteiger charge is 2.09. The lowest BCUT2D eigenvalue weighted by Gasteiger charge is -2.08. The lowest BCUT2D eigenvalue weighted by Crippen LogP contribution is -2.27. The van der Waals surface area contributed by atoms with E-state index in [4.69, 9.17) is 5.11 Å². The minimum absolute atomic E-state index is 0.00665. The summed E-state index contributed by atoms with van der Waals surface area (Å²) in [4.78, 5) is 22.4. The first-order valence-corrected chi connectivity index (χ1v) is 6.44. The molecule has 0 aliphatic heterocycles. The third-order valence-corrected chi connectivity index (χ3v) is 2.68. The number of ether oxygens (including phenoxy) is 1. The quantitative estimate of drug-likeness (QED) is 0.681. The number of carboxylic acids is 1. The minimum Gasteiger partial charge on any atom is -0.478 e. The fourth-order valence-electron chi connectivity index (χ4n) is 1.71. The van der Waals surface area contributed by atoms with Crippen LogP contribution in [0.4, 0.5) is 8.78 Å². The van der Waals surface area contributed by atoms with Gasteiger partial charge in [0.05, 0.1) is 12.2 Å². The zero-order chi connectivity index (χ0) is 15.7. The Labute approximate surface area is 120 Å². The monoisotopic (exact) mass is 301 g/mol. The molecule has 0 aromatic heterocycles. The molecule has 21 heavy (non-hydrogen) atoms. The van der Waals surface area contributed by atoms with Crippen LogP contribution in [0, 0.1) is 0 Å². The van der Waals surface area contributed by atoms with Crippen LogP contribution in [0.15, 0.2) is 24.3 Å². The smallest absolute Gasteiger partial charge is 0.335 e. The van der Waals surface area contributed by atoms with Crippen molar-refractivity contribution in [2.75, 3.05) is 19.8 Å². The molecule has 0 bridgehead atoms.